The van der Waals surface area contributed by atoms with Crippen molar-refractivity contribution in [3.63, 3.8) is 0 Å². The summed E-state index contributed by atoms with van der Waals surface area (Å²) in [6.07, 6.45) is 6.80. The fraction of sp³-hybridized carbons (Fsp3) is 0.643. The number of nitrogens with one attached hydrogen (secondary N) is 1. The zero-order chi connectivity index (χ0) is 13.5. The summed E-state index contributed by atoms with van der Waals surface area (Å²) in [6, 6.07) is 3.52. The SMILES string of the molecule is O=C(O)c1ccc(CNCCOC2CCCCC2)s1. The minimum Gasteiger partial charge on any atom is -0.477 e. The van der Waals surface area contributed by atoms with Gasteiger partial charge in [-0.25, -0.2) is 4.79 Å². The third kappa shape index (κ3) is 4.93. The summed E-state index contributed by atoms with van der Waals surface area (Å²) in [5.41, 5.74) is 0. The van der Waals surface area contributed by atoms with Crippen LogP contribution in [-0.4, -0.2) is 30.3 Å². The molecule has 2 N–H and O–H groups in total. The van der Waals surface area contributed by atoms with Crippen LogP contribution in [0.1, 0.15) is 46.7 Å². The Balaban J connectivity index is 1.57. The van der Waals surface area contributed by atoms with Gasteiger partial charge in [0.05, 0.1) is 12.7 Å². The van der Waals surface area contributed by atoms with Crippen molar-refractivity contribution in [2.24, 2.45) is 0 Å². The monoisotopic (exact) mass is 283 g/mol. The third-order valence-corrected chi connectivity index (χ3v) is 4.43. The highest BCUT2D eigenvalue weighted by Gasteiger charge is 2.13. The lowest BCUT2D eigenvalue weighted by Crippen LogP contribution is -2.24. The number of ether oxygens (including phenoxy) is 1. The second-order valence-corrected chi connectivity index (χ2v) is 6.05. The number of carboxylic acid groups (broad SMARTS) is 1. The normalized spacial score (nSPS) is 16.6. The van der Waals surface area contributed by atoms with Gasteiger partial charge >= 0.3 is 5.97 Å². The smallest absolute Gasteiger partial charge is 0.345 e. The Morgan fingerprint density at radius 3 is 2.84 bits per heavy atom. The third-order valence-electron chi connectivity index (χ3n) is 3.36. The predicted molar refractivity (Wildman–Crippen MR) is 75.8 cm³/mol. The van der Waals surface area contributed by atoms with Crippen molar-refractivity contribution < 1.29 is 14.6 Å². The number of hydrogen-bond donors (Lipinski definition) is 2. The van der Waals surface area contributed by atoms with Crippen molar-refractivity contribution in [2.45, 2.75) is 44.8 Å². The van der Waals surface area contributed by atoms with Crippen molar-refractivity contribution in [2.75, 3.05) is 13.2 Å². The van der Waals surface area contributed by atoms with Crippen molar-refractivity contribution in [3.8, 4) is 0 Å². The molecule has 1 heterocycles. The van der Waals surface area contributed by atoms with E-state index in [9.17, 15) is 4.79 Å². The maximum atomic E-state index is 10.7. The zero-order valence-electron chi connectivity index (χ0n) is 11.1. The van der Waals surface area contributed by atoms with Crippen molar-refractivity contribution >= 4 is 17.3 Å². The summed E-state index contributed by atoms with van der Waals surface area (Å²) in [7, 11) is 0. The van der Waals surface area contributed by atoms with E-state index >= 15 is 0 Å². The Morgan fingerprint density at radius 2 is 2.16 bits per heavy atom. The molecule has 19 heavy (non-hydrogen) atoms. The van der Waals surface area contributed by atoms with E-state index in [2.05, 4.69) is 5.32 Å². The number of carboxylic acids is 1. The zero-order valence-corrected chi connectivity index (χ0v) is 11.9. The number of rotatable bonds is 7. The minimum absolute atomic E-state index is 0.398. The molecule has 1 fully saturated rings. The molecule has 1 aliphatic carbocycles. The van der Waals surface area contributed by atoms with Crippen molar-refractivity contribution in [1.29, 1.82) is 0 Å². The summed E-state index contributed by atoms with van der Waals surface area (Å²) in [5, 5.41) is 12.1. The van der Waals surface area contributed by atoms with E-state index in [1.54, 1.807) is 6.07 Å². The van der Waals surface area contributed by atoms with Crippen LogP contribution >= 0.6 is 11.3 Å². The number of thiophene rings is 1. The van der Waals surface area contributed by atoms with E-state index in [0.29, 0.717) is 17.5 Å². The molecule has 1 saturated carbocycles. The Kier molecular flexibility index (Phi) is 5.82. The van der Waals surface area contributed by atoms with Crippen LogP contribution in [-0.2, 0) is 11.3 Å². The first-order valence-electron chi connectivity index (χ1n) is 6.90. The highest BCUT2D eigenvalue weighted by atomic mass is 32.1. The second kappa shape index (κ2) is 7.62. The van der Waals surface area contributed by atoms with Gasteiger partial charge in [-0.15, -0.1) is 11.3 Å². The van der Waals surface area contributed by atoms with Gasteiger partial charge in [0.15, 0.2) is 0 Å². The Hall–Kier alpha value is -0.910. The van der Waals surface area contributed by atoms with Crippen LogP contribution < -0.4 is 5.32 Å². The lowest BCUT2D eigenvalue weighted by atomic mass is 9.98. The average molecular weight is 283 g/mol. The summed E-state index contributed by atoms with van der Waals surface area (Å²) < 4.78 is 5.81. The summed E-state index contributed by atoms with van der Waals surface area (Å²) >= 11 is 1.32. The Labute approximate surface area is 117 Å². The summed E-state index contributed by atoms with van der Waals surface area (Å²) in [6.45, 7) is 2.27. The molecule has 2 rings (SSSR count). The molecule has 1 aromatic heterocycles. The maximum Gasteiger partial charge on any atom is 0.345 e. The van der Waals surface area contributed by atoms with Crippen LogP contribution in [0.5, 0.6) is 0 Å². The van der Waals surface area contributed by atoms with Crippen LogP contribution in [0.25, 0.3) is 0 Å². The fourth-order valence-corrected chi connectivity index (χ4v) is 3.15. The van der Waals surface area contributed by atoms with Crippen LogP contribution in [0.2, 0.25) is 0 Å². The Morgan fingerprint density at radius 1 is 1.37 bits per heavy atom. The van der Waals surface area contributed by atoms with Gasteiger partial charge in [-0.1, -0.05) is 19.3 Å². The first-order chi connectivity index (χ1) is 9.25. The van der Waals surface area contributed by atoms with E-state index in [0.717, 1.165) is 18.0 Å². The molecule has 106 valence electrons. The number of carbonyl (C=O) groups is 1. The molecule has 0 saturated heterocycles. The van der Waals surface area contributed by atoms with Crippen molar-refractivity contribution in [1.82, 2.24) is 5.32 Å². The van der Waals surface area contributed by atoms with E-state index in [1.807, 2.05) is 6.07 Å². The fourth-order valence-electron chi connectivity index (χ4n) is 2.33. The van der Waals surface area contributed by atoms with Crippen LogP contribution in [0.4, 0.5) is 0 Å². The van der Waals surface area contributed by atoms with Crippen LogP contribution in [0.15, 0.2) is 12.1 Å². The van der Waals surface area contributed by atoms with E-state index < -0.39 is 5.97 Å². The summed E-state index contributed by atoms with van der Waals surface area (Å²) in [5.74, 6) is -0.850. The van der Waals surface area contributed by atoms with Crippen LogP contribution in [0, 0.1) is 0 Å². The molecular weight excluding hydrogens is 262 g/mol. The van der Waals surface area contributed by atoms with Gasteiger partial charge < -0.3 is 15.2 Å². The van der Waals surface area contributed by atoms with Crippen molar-refractivity contribution in [3.05, 3.63) is 21.9 Å². The van der Waals surface area contributed by atoms with Crippen LogP contribution in [0.3, 0.4) is 0 Å². The molecule has 0 aromatic carbocycles. The van der Waals surface area contributed by atoms with E-state index in [4.69, 9.17) is 9.84 Å². The molecule has 1 aromatic rings. The molecule has 0 unspecified atom stereocenters. The maximum absolute atomic E-state index is 10.7. The molecule has 0 radical (unpaired) electrons. The number of aromatic carboxylic acids is 1. The van der Waals surface area contributed by atoms with Gasteiger partial charge in [0, 0.05) is 18.0 Å². The molecular formula is C14H21NO3S. The topological polar surface area (TPSA) is 58.6 Å². The van der Waals surface area contributed by atoms with Gasteiger partial charge in [0.25, 0.3) is 0 Å². The average Bonchev–Trinajstić information content (AvgIpc) is 2.89. The molecule has 1 aliphatic rings. The molecule has 0 amide bonds. The lowest BCUT2D eigenvalue weighted by molar-refractivity contribution is 0.0302. The van der Waals surface area contributed by atoms with Gasteiger partial charge in [0.1, 0.15) is 4.88 Å². The molecule has 0 aliphatic heterocycles. The predicted octanol–water partition coefficient (Wildman–Crippen LogP) is 2.89. The lowest BCUT2D eigenvalue weighted by Gasteiger charge is -2.21. The second-order valence-electron chi connectivity index (χ2n) is 4.88. The Bertz CT molecular complexity index is 399. The molecule has 4 nitrogen and oxygen atoms in total. The van der Waals surface area contributed by atoms with E-state index in [1.165, 1.54) is 43.4 Å². The van der Waals surface area contributed by atoms with Gasteiger partial charge in [0.2, 0.25) is 0 Å². The van der Waals surface area contributed by atoms with Gasteiger partial charge in [-0.05, 0) is 25.0 Å². The van der Waals surface area contributed by atoms with Gasteiger partial charge in [-0.2, -0.15) is 0 Å². The minimum atomic E-state index is -0.850. The largest absolute Gasteiger partial charge is 0.477 e. The van der Waals surface area contributed by atoms with Gasteiger partial charge in [-0.3, -0.25) is 0 Å². The quantitative estimate of drug-likeness (QED) is 0.755. The first kappa shape index (κ1) is 14.5. The molecule has 0 bridgehead atoms. The molecule has 0 spiro atoms. The molecule has 5 heteroatoms. The number of hydrogen-bond acceptors (Lipinski definition) is 4. The highest BCUT2D eigenvalue weighted by molar-refractivity contribution is 7.13. The van der Waals surface area contributed by atoms with E-state index in [-0.39, 0.29) is 0 Å². The summed E-state index contributed by atoms with van der Waals surface area (Å²) in [4.78, 5) is 12.2. The highest BCUT2D eigenvalue weighted by Crippen LogP contribution is 2.20. The molecule has 0 atom stereocenters. The first-order valence-corrected chi connectivity index (χ1v) is 7.71. The standard InChI is InChI=1S/C14H21NO3S/c16-14(17)13-7-6-12(19-13)10-15-8-9-18-11-4-2-1-3-5-11/h6-7,11,15H,1-5,8-10H2,(H,16,17).